The van der Waals surface area contributed by atoms with Gasteiger partial charge in [-0.15, -0.1) is 0 Å². The molecule has 2 amide bonds. The van der Waals surface area contributed by atoms with Crippen LogP contribution < -0.4 is 10.0 Å². The number of nitrogens with one attached hydrogen (secondary N) is 2. The molecule has 138 valence electrons. The molecule has 2 rings (SSSR count). The number of hydrogen-bond donors (Lipinski definition) is 3. The second-order valence-corrected chi connectivity index (χ2v) is 8.06. The van der Waals surface area contributed by atoms with E-state index in [9.17, 15) is 18.0 Å². The number of carboxylic acids is 1. The lowest BCUT2D eigenvalue weighted by molar-refractivity contribution is -0.141. The number of carbonyl (C=O) groups excluding carboxylic acids is 1. The number of anilines is 1. The first-order valence-corrected chi connectivity index (χ1v) is 9.47. The Hall–Kier alpha value is -2.13. The third-order valence-corrected chi connectivity index (χ3v) is 5.70. The van der Waals surface area contributed by atoms with Crippen LogP contribution in [0, 0.1) is 12.8 Å². The normalized spacial score (nSPS) is 15.5. The number of rotatable bonds is 7. The quantitative estimate of drug-likeness (QED) is 0.675. The molecule has 0 radical (unpaired) electrons. The SMILES string of the molecule is Cc1c(NC(=O)N(C)CC(C)C(=O)O)cccc1S(=O)(=O)NC1CC1. The Labute approximate surface area is 147 Å². The van der Waals surface area contributed by atoms with Gasteiger partial charge in [0, 0.05) is 25.3 Å². The van der Waals surface area contributed by atoms with Crippen LogP contribution in [-0.4, -0.2) is 50.1 Å². The summed E-state index contributed by atoms with van der Waals surface area (Å²) in [7, 11) is -2.14. The Balaban J connectivity index is 2.13. The molecule has 8 nitrogen and oxygen atoms in total. The monoisotopic (exact) mass is 369 g/mol. The minimum atomic E-state index is -3.63. The van der Waals surface area contributed by atoms with Crippen LogP contribution in [0.4, 0.5) is 10.5 Å². The molecule has 0 bridgehead atoms. The molecule has 0 aliphatic heterocycles. The van der Waals surface area contributed by atoms with Gasteiger partial charge in [0.1, 0.15) is 0 Å². The molecule has 1 aliphatic rings. The average Bonchev–Trinajstić information content (AvgIpc) is 3.31. The highest BCUT2D eigenvalue weighted by Gasteiger charge is 2.29. The zero-order valence-electron chi connectivity index (χ0n) is 14.4. The number of hydrogen-bond acceptors (Lipinski definition) is 4. The van der Waals surface area contributed by atoms with E-state index in [-0.39, 0.29) is 17.5 Å². The van der Waals surface area contributed by atoms with Gasteiger partial charge < -0.3 is 15.3 Å². The molecule has 0 heterocycles. The van der Waals surface area contributed by atoms with Crippen molar-refractivity contribution < 1.29 is 23.1 Å². The predicted octanol–water partition coefficient (Wildman–Crippen LogP) is 1.62. The van der Waals surface area contributed by atoms with E-state index in [1.807, 2.05) is 0 Å². The van der Waals surface area contributed by atoms with Crippen LogP contribution in [0.1, 0.15) is 25.3 Å². The molecule has 1 aliphatic carbocycles. The molecule has 0 aromatic heterocycles. The molecule has 1 saturated carbocycles. The van der Waals surface area contributed by atoms with Gasteiger partial charge in [0.15, 0.2) is 0 Å². The van der Waals surface area contributed by atoms with E-state index >= 15 is 0 Å². The Kier molecular flexibility index (Phi) is 5.69. The summed E-state index contributed by atoms with van der Waals surface area (Å²) in [5, 5.41) is 11.6. The molecule has 1 fully saturated rings. The third-order valence-electron chi connectivity index (χ3n) is 4.03. The van der Waals surface area contributed by atoms with Crippen LogP contribution in [0.2, 0.25) is 0 Å². The molecule has 9 heteroatoms. The van der Waals surface area contributed by atoms with Crippen LogP contribution in [-0.2, 0) is 14.8 Å². The van der Waals surface area contributed by atoms with Gasteiger partial charge in [0.25, 0.3) is 0 Å². The van der Waals surface area contributed by atoms with Crippen LogP contribution in [0.3, 0.4) is 0 Å². The maximum Gasteiger partial charge on any atom is 0.321 e. The summed E-state index contributed by atoms with van der Waals surface area (Å²) in [6.45, 7) is 3.17. The molecular weight excluding hydrogens is 346 g/mol. The van der Waals surface area contributed by atoms with E-state index in [1.165, 1.54) is 24.9 Å². The fraction of sp³-hybridized carbons (Fsp3) is 0.500. The van der Waals surface area contributed by atoms with Crippen LogP contribution in [0.15, 0.2) is 23.1 Å². The second kappa shape index (κ2) is 7.40. The maximum atomic E-state index is 12.4. The van der Waals surface area contributed by atoms with Gasteiger partial charge in [-0.2, -0.15) is 0 Å². The molecule has 1 aromatic rings. The van der Waals surface area contributed by atoms with Crippen molar-refractivity contribution in [2.75, 3.05) is 18.9 Å². The van der Waals surface area contributed by atoms with Gasteiger partial charge >= 0.3 is 12.0 Å². The fourth-order valence-corrected chi connectivity index (χ4v) is 3.88. The van der Waals surface area contributed by atoms with Crippen molar-refractivity contribution in [3.05, 3.63) is 23.8 Å². The van der Waals surface area contributed by atoms with E-state index in [4.69, 9.17) is 5.11 Å². The van der Waals surface area contributed by atoms with Gasteiger partial charge in [-0.3, -0.25) is 4.79 Å². The smallest absolute Gasteiger partial charge is 0.321 e. The van der Waals surface area contributed by atoms with Gasteiger partial charge in [0.05, 0.1) is 10.8 Å². The number of carbonyl (C=O) groups is 2. The highest BCUT2D eigenvalue weighted by atomic mass is 32.2. The number of urea groups is 1. The average molecular weight is 369 g/mol. The first-order chi connectivity index (χ1) is 11.6. The van der Waals surface area contributed by atoms with Crippen molar-refractivity contribution in [3.63, 3.8) is 0 Å². The maximum absolute atomic E-state index is 12.4. The molecule has 1 aromatic carbocycles. The summed E-state index contributed by atoms with van der Waals surface area (Å²) in [5.74, 6) is -1.69. The minimum absolute atomic E-state index is 0.00807. The first kappa shape index (κ1) is 19.2. The van der Waals surface area contributed by atoms with E-state index < -0.39 is 27.9 Å². The molecule has 0 saturated heterocycles. The number of sulfonamides is 1. The van der Waals surface area contributed by atoms with Crippen LogP contribution in [0.25, 0.3) is 0 Å². The van der Waals surface area contributed by atoms with Crippen molar-refractivity contribution in [1.29, 1.82) is 0 Å². The predicted molar refractivity (Wildman–Crippen MR) is 93.0 cm³/mol. The molecule has 0 spiro atoms. The zero-order valence-corrected chi connectivity index (χ0v) is 15.3. The van der Waals surface area contributed by atoms with Crippen molar-refractivity contribution in [3.8, 4) is 0 Å². The zero-order chi connectivity index (χ0) is 18.8. The Morgan fingerprint density at radius 2 is 2.00 bits per heavy atom. The van der Waals surface area contributed by atoms with Gasteiger partial charge in [-0.05, 0) is 37.5 Å². The third kappa shape index (κ3) is 4.93. The van der Waals surface area contributed by atoms with Crippen molar-refractivity contribution >= 4 is 27.7 Å². The van der Waals surface area contributed by atoms with Gasteiger partial charge in [0.2, 0.25) is 10.0 Å². The number of carboxylic acid groups (broad SMARTS) is 1. The minimum Gasteiger partial charge on any atom is -0.481 e. The topological polar surface area (TPSA) is 116 Å². The van der Waals surface area contributed by atoms with E-state index in [0.29, 0.717) is 11.3 Å². The lowest BCUT2D eigenvalue weighted by Gasteiger charge is -2.21. The van der Waals surface area contributed by atoms with Crippen molar-refractivity contribution in [2.24, 2.45) is 5.92 Å². The highest BCUT2D eigenvalue weighted by molar-refractivity contribution is 7.89. The van der Waals surface area contributed by atoms with Crippen molar-refractivity contribution in [1.82, 2.24) is 9.62 Å². The summed E-state index contributed by atoms with van der Waals surface area (Å²) in [6, 6.07) is 4.15. The van der Waals surface area contributed by atoms with Crippen molar-refractivity contribution in [2.45, 2.75) is 37.6 Å². The van der Waals surface area contributed by atoms with Gasteiger partial charge in [-0.25, -0.2) is 17.9 Å². The number of aliphatic carboxylic acids is 1. The molecule has 25 heavy (non-hydrogen) atoms. The van der Waals surface area contributed by atoms with E-state index in [1.54, 1.807) is 19.1 Å². The molecule has 1 atom stereocenters. The van der Waals surface area contributed by atoms with Crippen LogP contribution in [0.5, 0.6) is 0 Å². The lowest BCUT2D eigenvalue weighted by Crippen LogP contribution is -2.36. The largest absolute Gasteiger partial charge is 0.481 e. The second-order valence-electron chi connectivity index (χ2n) is 6.37. The van der Waals surface area contributed by atoms with Crippen LogP contribution >= 0.6 is 0 Å². The van der Waals surface area contributed by atoms with Gasteiger partial charge in [-0.1, -0.05) is 13.0 Å². The number of benzene rings is 1. The standard InChI is InChI=1S/C16H23N3O5S/c1-10(15(20)21)9-19(3)16(22)17-13-5-4-6-14(11(13)2)25(23,24)18-12-7-8-12/h4-6,10,12,18H,7-9H2,1-3H3,(H,17,22)(H,20,21). The molecule has 3 N–H and O–H groups in total. The fourth-order valence-electron chi connectivity index (χ4n) is 2.31. The summed E-state index contributed by atoms with van der Waals surface area (Å²) in [6.07, 6.45) is 1.67. The molecule has 1 unspecified atom stereocenters. The Morgan fingerprint density at radius 3 is 2.56 bits per heavy atom. The Bertz CT molecular complexity index is 774. The van der Waals surface area contributed by atoms with E-state index in [0.717, 1.165) is 12.8 Å². The van der Waals surface area contributed by atoms with E-state index in [2.05, 4.69) is 10.0 Å². The number of nitrogens with zero attached hydrogens (tertiary/aromatic N) is 1. The summed E-state index contributed by atoms with van der Waals surface area (Å²) < 4.78 is 27.4. The summed E-state index contributed by atoms with van der Waals surface area (Å²) in [4.78, 5) is 24.5. The molecular formula is C16H23N3O5S. The Morgan fingerprint density at radius 1 is 1.36 bits per heavy atom. The summed E-state index contributed by atoms with van der Waals surface area (Å²) in [5.41, 5.74) is 0.808. The first-order valence-electron chi connectivity index (χ1n) is 7.98. The highest BCUT2D eigenvalue weighted by Crippen LogP contribution is 2.26. The number of amides is 2. The summed E-state index contributed by atoms with van der Waals surface area (Å²) >= 11 is 0. The lowest BCUT2D eigenvalue weighted by atomic mass is 10.2.